The van der Waals surface area contributed by atoms with Crippen molar-refractivity contribution in [2.75, 3.05) is 52.3 Å². The Hall–Kier alpha value is -2.73. The van der Waals surface area contributed by atoms with E-state index >= 15 is 0 Å². The van der Waals surface area contributed by atoms with Crippen LogP contribution in [0, 0.1) is 0 Å². The maximum atomic E-state index is 12.4. The van der Waals surface area contributed by atoms with Crippen LogP contribution in [0.25, 0.3) is 0 Å². The van der Waals surface area contributed by atoms with Crippen molar-refractivity contribution >= 4 is 11.6 Å². The second-order valence-electron chi connectivity index (χ2n) is 7.52. The predicted molar refractivity (Wildman–Crippen MR) is 116 cm³/mol. The van der Waals surface area contributed by atoms with Crippen LogP contribution in [0.1, 0.15) is 24.4 Å². The number of anilines is 1. The summed E-state index contributed by atoms with van der Waals surface area (Å²) in [7, 11) is 5.68. The standard InChI is InChI=1S/C23H31N3O3/c1-25(2)19-11-9-18(10-12-19)22(26-13-4-5-14-26)16-24-23(27)17-29-21-8-6-7-20(15-21)28-3/h6-12,15,22H,4-5,13-14,16-17H2,1-3H3,(H,24,27)/t22-/m1/s1. The number of likely N-dealkylation sites (tertiary alicyclic amines) is 1. The first-order valence-electron chi connectivity index (χ1n) is 10.1. The van der Waals surface area contributed by atoms with Crippen LogP contribution in [0.4, 0.5) is 5.69 Å². The van der Waals surface area contributed by atoms with Crippen molar-refractivity contribution in [2.24, 2.45) is 0 Å². The summed E-state index contributed by atoms with van der Waals surface area (Å²) >= 11 is 0. The van der Waals surface area contributed by atoms with Crippen LogP contribution in [0.5, 0.6) is 11.5 Å². The monoisotopic (exact) mass is 397 g/mol. The molecule has 29 heavy (non-hydrogen) atoms. The molecule has 0 radical (unpaired) electrons. The van der Waals surface area contributed by atoms with Gasteiger partial charge in [-0.15, -0.1) is 0 Å². The van der Waals surface area contributed by atoms with Crippen molar-refractivity contribution in [3.8, 4) is 11.5 Å². The van der Waals surface area contributed by atoms with E-state index in [-0.39, 0.29) is 18.6 Å². The summed E-state index contributed by atoms with van der Waals surface area (Å²) in [6, 6.07) is 16.0. The van der Waals surface area contributed by atoms with E-state index in [4.69, 9.17) is 9.47 Å². The topological polar surface area (TPSA) is 54.0 Å². The fourth-order valence-electron chi connectivity index (χ4n) is 3.61. The summed E-state index contributed by atoms with van der Waals surface area (Å²) in [6.07, 6.45) is 2.42. The molecule has 2 aromatic rings. The summed E-state index contributed by atoms with van der Waals surface area (Å²) < 4.78 is 10.8. The van der Waals surface area contributed by atoms with Gasteiger partial charge in [-0.2, -0.15) is 0 Å². The van der Waals surface area contributed by atoms with E-state index in [9.17, 15) is 4.79 Å². The zero-order valence-electron chi connectivity index (χ0n) is 17.6. The molecule has 0 bridgehead atoms. The van der Waals surface area contributed by atoms with Gasteiger partial charge in [0.15, 0.2) is 6.61 Å². The Morgan fingerprint density at radius 1 is 1.10 bits per heavy atom. The van der Waals surface area contributed by atoms with Crippen LogP contribution >= 0.6 is 0 Å². The van der Waals surface area contributed by atoms with Gasteiger partial charge < -0.3 is 19.7 Å². The normalized spacial score (nSPS) is 15.0. The second kappa shape index (κ2) is 10.2. The van der Waals surface area contributed by atoms with Gasteiger partial charge >= 0.3 is 0 Å². The van der Waals surface area contributed by atoms with Crippen LogP contribution in [-0.4, -0.2) is 58.3 Å². The number of rotatable bonds is 9. The molecule has 0 aliphatic carbocycles. The van der Waals surface area contributed by atoms with E-state index < -0.39 is 0 Å². The van der Waals surface area contributed by atoms with Crippen molar-refractivity contribution in [1.82, 2.24) is 10.2 Å². The third-order valence-electron chi connectivity index (χ3n) is 5.28. The van der Waals surface area contributed by atoms with Crippen LogP contribution < -0.4 is 19.7 Å². The number of nitrogens with one attached hydrogen (secondary N) is 1. The highest BCUT2D eigenvalue weighted by Crippen LogP contribution is 2.26. The number of carbonyl (C=O) groups is 1. The van der Waals surface area contributed by atoms with E-state index in [0.717, 1.165) is 13.1 Å². The highest BCUT2D eigenvalue weighted by atomic mass is 16.5. The molecule has 1 aliphatic heterocycles. The third-order valence-corrected chi connectivity index (χ3v) is 5.28. The van der Waals surface area contributed by atoms with Crippen molar-refractivity contribution in [3.63, 3.8) is 0 Å². The Morgan fingerprint density at radius 2 is 1.79 bits per heavy atom. The quantitative estimate of drug-likeness (QED) is 0.705. The number of amides is 1. The molecular weight excluding hydrogens is 366 g/mol. The lowest BCUT2D eigenvalue weighted by atomic mass is 10.0. The Morgan fingerprint density at radius 3 is 2.45 bits per heavy atom. The van der Waals surface area contributed by atoms with Crippen LogP contribution in [-0.2, 0) is 4.79 Å². The predicted octanol–water partition coefficient (Wildman–Crippen LogP) is 3.09. The van der Waals surface area contributed by atoms with Crippen LogP contribution in [0.3, 0.4) is 0 Å². The van der Waals surface area contributed by atoms with Crippen molar-refractivity contribution in [3.05, 3.63) is 54.1 Å². The van der Waals surface area contributed by atoms with Crippen LogP contribution in [0.2, 0.25) is 0 Å². The van der Waals surface area contributed by atoms with Crippen molar-refractivity contribution in [2.45, 2.75) is 18.9 Å². The average molecular weight is 398 g/mol. The van der Waals surface area contributed by atoms with Gasteiger partial charge in [-0.3, -0.25) is 9.69 Å². The molecule has 1 aliphatic rings. The smallest absolute Gasteiger partial charge is 0.258 e. The molecule has 156 valence electrons. The SMILES string of the molecule is COc1cccc(OCC(=O)NC[C@H](c2ccc(N(C)C)cc2)N2CCCC2)c1. The maximum Gasteiger partial charge on any atom is 0.258 e. The molecule has 1 atom stereocenters. The van der Waals surface area contributed by atoms with Gasteiger partial charge in [-0.1, -0.05) is 18.2 Å². The summed E-state index contributed by atoms with van der Waals surface area (Å²) in [5.74, 6) is 1.20. The third kappa shape index (κ3) is 5.87. The zero-order valence-corrected chi connectivity index (χ0v) is 17.6. The molecule has 1 amide bonds. The van der Waals surface area contributed by atoms with Gasteiger partial charge in [-0.25, -0.2) is 0 Å². The largest absolute Gasteiger partial charge is 0.497 e. The summed E-state index contributed by atoms with van der Waals surface area (Å²) in [5, 5.41) is 3.05. The molecule has 1 heterocycles. The molecule has 0 saturated carbocycles. The second-order valence-corrected chi connectivity index (χ2v) is 7.52. The molecule has 1 N–H and O–H groups in total. The number of carbonyl (C=O) groups excluding carboxylic acids is 1. The molecule has 0 spiro atoms. The highest BCUT2D eigenvalue weighted by molar-refractivity contribution is 5.77. The number of hydrogen-bond acceptors (Lipinski definition) is 5. The van der Waals surface area contributed by atoms with Gasteiger partial charge in [0.25, 0.3) is 5.91 Å². The molecule has 2 aromatic carbocycles. The van der Waals surface area contributed by atoms with Gasteiger partial charge in [0.05, 0.1) is 13.2 Å². The summed E-state index contributed by atoms with van der Waals surface area (Å²) in [5.41, 5.74) is 2.40. The molecule has 1 fully saturated rings. The van der Waals surface area contributed by atoms with Crippen molar-refractivity contribution in [1.29, 1.82) is 0 Å². The Bertz CT molecular complexity index is 786. The van der Waals surface area contributed by atoms with E-state index in [2.05, 4.69) is 39.4 Å². The fourth-order valence-corrected chi connectivity index (χ4v) is 3.61. The van der Waals surface area contributed by atoms with E-state index in [0.29, 0.717) is 18.0 Å². The molecule has 3 rings (SSSR count). The average Bonchev–Trinajstić information content (AvgIpc) is 3.27. The lowest BCUT2D eigenvalue weighted by Crippen LogP contribution is -2.38. The lowest BCUT2D eigenvalue weighted by Gasteiger charge is -2.28. The molecule has 0 unspecified atom stereocenters. The Kier molecular flexibility index (Phi) is 7.36. The highest BCUT2D eigenvalue weighted by Gasteiger charge is 2.24. The van der Waals surface area contributed by atoms with Crippen molar-refractivity contribution < 1.29 is 14.3 Å². The lowest BCUT2D eigenvalue weighted by molar-refractivity contribution is -0.123. The molecule has 6 heteroatoms. The molecule has 1 saturated heterocycles. The van der Waals surface area contributed by atoms with Gasteiger partial charge in [0.1, 0.15) is 11.5 Å². The minimum absolute atomic E-state index is 0.0144. The van der Waals surface area contributed by atoms with Gasteiger partial charge in [-0.05, 0) is 55.8 Å². The fraction of sp³-hybridized carbons (Fsp3) is 0.435. The number of hydrogen-bond donors (Lipinski definition) is 1. The minimum atomic E-state index is -0.123. The first kappa shape index (κ1) is 21.0. The van der Waals surface area contributed by atoms with E-state index in [1.165, 1.54) is 24.1 Å². The maximum absolute atomic E-state index is 12.4. The zero-order chi connectivity index (χ0) is 20.6. The van der Waals surface area contributed by atoms with E-state index in [1.54, 1.807) is 13.2 Å². The Balaban J connectivity index is 1.58. The molecule has 0 aromatic heterocycles. The number of nitrogens with zero attached hydrogens (tertiary/aromatic N) is 2. The number of benzene rings is 2. The summed E-state index contributed by atoms with van der Waals surface area (Å²) in [4.78, 5) is 16.9. The summed E-state index contributed by atoms with van der Waals surface area (Å²) in [6.45, 7) is 2.69. The van der Waals surface area contributed by atoms with Crippen LogP contribution in [0.15, 0.2) is 48.5 Å². The number of methoxy groups -OCH3 is 1. The van der Waals surface area contributed by atoms with E-state index in [1.807, 2.05) is 32.3 Å². The first-order valence-corrected chi connectivity index (χ1v) is 10.1. The molecular formula is C23H31N3O3. The van der Waals surface area contributed by atoms with Gasteiger partial charge in [0.2, 0.25) is 0 Å². The molecule has 6 nitrogen and oxygen atoms in total. The Labute approximate surface area is 173 Å². The first-order chi connectivity index (χ1) is 14.1. The van der Waals surface area contributed by atoms with Gasteiger partial charge in [0, 0.05) is 32.4 Å². The minimum Gasteiger partial charge on any atom is -0.497 e. The number of ether oxygens (including phenoxy) is 2.